The summed E-state index contributed by atoms with van der Waals surface area (Å²) in [5.74, 6) is -0.728. The van der Waals surface area contributed by atoms with Gasteiger partial charge >= 0.3 is 5.97 Å². The molecule has 3 aromatic rings. The van der Waals surface area contributed by atoms with Crippen LogP contribution in [-0.2, 0) is 11.2 Å². The molecule has 0 atom stereocenters. The zero-order valence-electron chi connectivity index (χ0n) is 22.4. The number of ketones is 1. The Labute approximate surface area is 223 Å². The first-order valence-electron chi connectivity index (χ1n) is 13.5. The van der Waals surface area contributed by atoms with Crippen LogP contribution in [0.15, 0.2) is 48.7 Å². The molecule has 1 aromatic carbocycles. The highest BCUT2D eigenvalue weighted by atomic mass is 16.5. The Morgan fingerprint density at radius 3 is 2.42 bits per heavy atom. The Bertz CT molecular complexity index is 1290. The highest BCUT2D eigenvalue weighted by Crippen LogP contribution is 2.25. The summed E-state index contributed by atoms with van der Waals surface area (Å²) in [7, 11) is 0. The van der Waals surface area contributed by atoms with E-state index in [9.17, 15) is 19.5 Å². The summed E-state index contributed by atoms with van der Waals surface area (Å²) in [4.78, 5) is 39.5. The molecule has 1 amide bonds. The lowest BCUT2D eigenvalue weighted by Gasteiger charge is -2.25. The number of piperidine rings is 1. The first kappa shape index (κ1) is 27.4. The molecule has 1 aliphatic heterocycles. The molecule has 0 bridgehead atoms. The number of nitrogens with zero attached hydrogens (tertiary/aromatic N) is 2. The van der Waals surface area contributed by atoms with Crippen LogP contribution in [0.5, 0.6) is 5.75 Å². The van der Waals surface area contributed by atoms with Gasteiger partial charge in [-0.05, 0) is 101 Å². The van der Waals surface area contributed by atoms with Crippen LogP contribution in [0.1, 0.15) is 78.4 Å². The summed E-state index contributed by atoms with van der Waals surface area (Å²) in [6.07, 6.45) is 6.53. The van der Waals surface area contributed by atoms with Crippen LogP contribution < -0.4 is 10.1 Å². The van der Waals surface area contributed by atoms with E-state index in [0.717, 1.165) is 62.0 Å². The third kappa shape index (κ3) is 6.25. The second kappa shape index (κ2) is 12.3. The Hall–Kier alpha value is -3.65. The number of amides is 1. The van der Waals surface area contributed by atoms with Gasteiger partial charge in [-0.25, -0.2) is 0 Å². The number of ether oxygens (including phenoxy) is 1. The van der Waals surface area contributed by atoms with Gasteiger partial charge in [0, 0.05) is 28.9 Å². The van der Waals surface area contributed by atoms with Gasteiger partial charge < -0.3 is 24.5 Å². The van der Waals surface area contributed by atoms with Crippen LogP contribution >= 0.6 is 0 Å². The van der Waals surface area contributed by atoms with E-state index in [4.69, 9.17) is 4.74 Å². The molecule has 0 unspecified atom stereocenters. The molecular weight excluding hydrogens is 482 g/mol. The molecule has 38 heavy (non-hydrogen) atoms. The fourth-order valence-corrected chi connectivity index (χ4v) is 4.91. The fraction of sp³-hybridized carbons (Fsp3) is 0.433. The zero-order chi connectivity index (χ0) is 27.2. The number of carboxylic acids is 1. The molecular formula is C30H37N3O5. The molecule has 0 saturated carbocycles. The Kier molecular flexibility index (Phi) is 8.84. The van der Waals surface area contributed by atoms with E-state index in [2.05, 4.69) is 12.2 Å². The van der Waals surface area contributed by atoms with Crippen molar-refractivity contribution in [3.05, 3.63) is 71.0 Å². The maximum atomic E-state index is 13.7. The number of aryl methyl sites for hydroxylation is 1. The van der Waals surface area contributed by atoms with E-state index in [0.29, 0.717) is 16.8 Å². The maximum absolute atomic E-state index is 13.7. The number of hydrogen-bond acceptors (Lipinski definition) is 5. The lowest BCUT2D eigenvalue weighted by Crippen LogP contribution is -2.40. The molecule has 8 heteroatoms. The van der Waals surface area contributed by atoms with Gasteiger partial charge in [0.15, 0.2) is 0 Å². The van der Waals surface area contributed by atoms with Crippen LogP contribution in [0.2, 0.25) is 0 Å². The molecule has 1 aliphatic rings. The maximum Gasteiger partial charge on any atom is 0.323 e. The van der Waals surface area contributed by atoms with Gasteiger partial charge in [-0.1, -0.05) is 13.3 Å². The molecule has 202 valence electrons. The van der Waals surface area contributed by atoms with Crippen LogP contribution in [0, 0.1) is 0 Å². The van der Waals surface area contributed by atoms with Crippen LogP contribution in [0.3, 0.4) is 0 Å². The second-order valence-electron chi connectivity index (χ2n) is 10.2. The van der Waals surface area contributed by atoms with E-state index < -0.39 is 5.97 Å². The van der Waals surface area contributed by atoms with E-state index in [1.807, 2.05) is 34.7 Å². The molecule has 2 aromatic heterocycles. The van der Waals surface area contributed by atoms with E-state index in [-0.39, 0.29) is 30.4 Å². The summed E-state index contributed by atoms with van der Waals surface area (Å²) in [5.41, 5.74) is 3.22. The van der Waals surface area contributed by atoms with Gasteiger partial charge in [0.2, 0.25) is 5.78 Å². The first-order valence-corrected chi connectivity index (χ1v) is 13.5. The fourth-order valence-electron chi connectivity index (χ4n) is 4.91. The van der Waals surface area contributed by atoms with Crippen molar-refractivity contribution in [1.29, 1.82) is 0 Å². The topological polar surface area (TPSA) is 100 Å². The number of rotatable bonds is 11. The van der Waals surface area contributed by atoms with E-state index in [1.54, 1.807) is 32.2 Å². The molecule has 1 fully saturated rings. The summed E-state index contributed by atoms with van der Waals surface area (Å²) >= 11 is 0. The van der Waals surface area contributed by atoms with Crippen molar-refractivity contribution in [2.45, 2.75) is 65.0 Å². The number of carbonyl (C=O) groups is 3. The normalized spacial score (nSPS) is 14.1. The van der Waals surface area contributed by atoms with Gasteiger partial charge in [0.05, 0.1) is 5.69 Å². The third-order valence-electron chi connectivity index (χ3n) is 7.01. The summed E-state index contributed by atoms with van der Waals surface area (Å²) in [6.45, 7) is 7.22. The molecule has 4 rings (SSSR count). The van der Waals surface area contributed by atoms with Gasteiger partial charge in [-0.2, -0.15) is 0 Å². The average molecular weight is 520 g/mol. The minimum absolute atomic E-state index is 0.0849. The minimum atomic E-state index is -1.06. The molecule has 2 N–H and O–H groups in total. The first-order chi connectivity index (χ1) is 18.3. The highest BCUT2D eigenvalue weighted by Gasteiger charge is 2.24. The van der Waals surface area contributed by atoms with E-state index in [1.165, 1.54) is 4.90 Å². The number of nitrogens with one attached hydrogen (secondary N) is 1. The Morgan fingerprint density at radius 2 is 1.79 bits per heavy atom. The van der Waals surface area contributed by atoms with Crippen molar-refractivity contribution in [3.63, 3.8) is 0 Å². The molecule has 0 radical (unpaired) electrons. The summed E-state index contributed by atoms with van der Waals surface area (Å²) < 4.78 is 7.93. The number of carboxylic acid groups (broad SMARTS) is 1. The number of unbranched alkanes of at least 4 members (excludes halogenated alkanes) is 1. The van der Waals surface area contributed by atoms with E-state index >= 15 is 0 Å². The number of carbonyl (C=O) groups excluding carboxylic acids is 2. The quantitative estimate of drug-likeness (QED) is 0.360. The van der Waals surface area contributed by atoms with Crippen LogP contribution in [-0.4, -0.2) is 63.8 Å². The number of aliphatic carboxylic acids is 1. The monoisotopic (exact) mass is 519 g/mol. The highest BCUT2D eigenvalue weighted by molar-refractivity contribution is 6.10. The van der Waals surface area contributed by atoms with Crippen molar-refractivity contribution in [2.75, 3.05) is 19.6 Å². The van der Waals surface area contributed by atoms with Crippen LogP contribution in [0.25, 0.3) is 5.52 Å². The summed E-state index contributed by atoms with van der Waals surface area (Å²) in [6, 6.07) is 12.4. The van der Waals surface area contributed by atoms with Crippen molar-refractivity contribution < 1.29 is 24.2 Å². The van der Waals surface area contributed by atoms with Gasteiger partial charge in [-0.3, -0.25) is 14.4 Å². The third-order valence-corrected chi connectivity index (χ3v) is 7.01. The standard InChI is InChI=1S/C30H37N3O5/c1-4-5-6-22-17-24-18-23(30(37)33(20(2)3)19-27(34)35)13-16-32(24)28(22)29(36)21-7-9-25(10-8-21)38-26-11-14-31-15-12-26/h7-10,13,16-18,20,26,31H,4-6,11-12,14-15,19H2,1-3H3,(H,34,35). The Morgan fingerprint density at radius 1 is 1.08 bits per heavy atom. The van der Waals surface area contributed by atoms with Gasteiger partial charge in [0.1, 0.15) is 18.4 Å². The van der Waals surface area contributed by atoms with Crippen molar-refractivity contribution in [3.8, 4) is 5.75 Å². The number of aromatic nitrogens is 1. The lowest BCUT2D eigenvalue weighted by atomic mass is 10.0. The average Bonchev–Trinajstić information content (AvgIpc) is 3.28. The largest absolute Gasteiger partial charge is 0.490 e. The van der Waals surface area contributed by atoms with Crippen molar-refractivity contribution >= 4 is 23.2 Å². The van der Waals surface area contributed by atoms with Gasteiger partial charge in [-0.15, -0.1) is 0 Å². The number of fused-ring (bicyclic) bond motifs is 1. The summed E-state index contributed by atoms with van der Waals surface area (Å²) in [5, 5.41) is 12.6. The molecule has 0 spiro atoms. The number of pyridine rings is 1. The predicted octanol–water partition coefficient (Wildman–Crippen LogP) is 4.58. The number of hydrogen-bond donors (Lipinski definition) is 2. The Balaban J connectivity index is 1.63. The SMILES string of the molecule is CCCCc1cc2cc(C(=O)N(CC(=O)O)C(C)C)ccn2c1C(=O)c1ccc(OC2CCNCC2)cc1. The molecule has 1 saturated heterocycles. The zero-order valence-corrected chi connectivity index (χ0v) is 22.4. The predicted molar refractivity (Wildman–Crippen MR) is 146 cm³/mol. The van der Waals surface area contributed by atoms with Crippen molar-refractivity contribution in [2.24, 2.45) is 0 Å². The number of benzene rings is 1. The second-order valence-corrected chi connectivity index (χ2v) is 10.2. The van der Waals surface area contributed by atoms with Gasteiger partial charge in [0.25, 0.3) is 5.91 Å². The minimum Gasteiger partial charge on any atom is -0.490 e. The lowest BCUT2D eigenvalue weighted by molar-refractivity contribution is -0.138. The van der Waals surface area contributed by atoms with Crippen molar-refractivity contribution in [1.82, 2.24) is 14.6 Å². The molecule has 3 heterocycles. The van der Waals surface area contributed by atoms with Crippen LogP contribution in [0.4, 0.5) is 0 Å². The molecule has 0 aliphatic carbocycles. The molecule has 8 nitrogen and oxygen atoms in total. The smallest absolute Gasteiger partial charge is 0.323 e.